The number of pyridine rings is 1. The van der Waals surface area contributed by atoms with Crippen molar-refractivity contribution in [3.8, 4) is 56.3 Å². The number of aromatic nitrogens is 4. The summed E-state index contributed by atoms with van der Waals surface area (Å²) in [6.07, 6.45) is 18.8. The highest BCUT2D eigenvalue weighted by molar-refractivity contribution is 6.06. The number of hydrogen-bond donors (Lipinski definition) is 0. The molecule has 3 aromatic heterocycles. The number of nitrogens with zero attached hydrogens (tertiary/aromatic N) is 4. The van der Waals surface area contributed by atoms with Crippen molar-refractivity contribution < 1.29 is 0 Å². The summed E-state index contributed by atoms with van der Waals surface area (Å²) in [6, 6.07) is 60.0. The molecule has 2 aliphatic carbocycles. The molecule has 0 N–H and O–H groups in total. The third-order valence-corrected chi connectivity index (χ3v) is 12.1. The first-order valence-electron chi connectivity index (χ1n) is 21.2. The summed E-state index contributed by atoms with van der Waals surface area (Å²) < 4.78 is 2.22. The monoisotopic (exact) mass is 782 g/mol. The van der Waals surface area contributed by atoms with Gasteiger partial charge in [0.05, 0.1) is 28.8 Å². The van der Waals surface area contributed by atoms with Crippen LogP contribution in [0.5, 0.6) is 0 Å². The molecule has 6 aromatic carbocycles. The van der Waals surface area contributed by atoms with Gasteiger partial charge in [-0.15, -0.1) is 0 Å². The lowest BCUT2D eigenvalue weighted by Gasteiger charge is -2.24. The van der Waals surface area contributed by atoms with Crippen LogP contribution in [-0.2, 0) is 0 Å². The average Bonchev–Trinajstić information content (AvgIpc) is 3.80. The number of benzene rings is 6. The molecule has 9 aromatic rings. The summed E-state index contributed by atoms with van der Waals surface area (Å²) in [5.74, 6) is 0.878. The third-order valence-electron chi connectivity index (χ3n) is 12.1. The summed E-state index contributed by atoms with van der Waals surface area (Å²) in [5, 5.41) is 7.65. The Morgan fingerprint density at radius 3 is 1.77 bits per heavy atom. The summed E-state index contributed by atoms with van der Waals surface area (Å²) in [4.78, 5) is 10.2. The zero-order valence-electron chi connectivity index (χ0n) is 33.7. The van der Waals surface area contributed by atoms with Gasteiger partial charge in [0, 0.05) is 39.1 Å². The van der Waals surface area contributed by atoms with Crippen molar-refractivity contribution in [1.82, 2.24) is 19.6 Å². The Kier molecular flexibility index (Phi) is 9.44. The fraction of sp³-hybridized carbons (Fsp3) is 0.0702. The third kappa shape index (κ3) is 6.92. The van der Waals surface area contributed by atoms with E-state index < -0.39 is 0 Å². The van der Waals surface area contributed by atoms with Gasteiger partial charge in [-0.2, -0.15) is 5.10 Å². The lowest BCUT2D eigenvalue weighted by molar-refractivity contribution is 0.845. The Morgan fingerprint density at radius 1 is 0.541 bits per heavy atom. The van der Waals surface area contributed by atoms with E-state index >= 15 is 0 Å². The number of rotatable bonds is 8. The molecule has 1 atom stereocenters. The van der Waals surface area contributed by atoms with Gasteiger partial charge in [0.25, 0.3) is 0 Å². The van der Waals surface area contributed by atoms with E-state index in [1.807, 2.05) is 12.1 Å². The fourth-order valence-corrected chi connectivity index (χ4v) is 9.06. The van der Waals surface area contributed by atoms with Gasteiger partial charge < -0.3 is 0 Å². The van der Waals surface area contributed by atoms with Gasteiger partial charge >= 0.3 is 0 Å². The van der Waals surface area contributed by atoms with Gasteiger partial charge in [-0.1, -0.05) is 200 Å². The molecular formula is C57H42N4. The predicted molar refractivity (Wildman–Crippen MR) is 253 cm³/mol. The number of fused-ring (bicyclic) bond motifs is 3. The van der Waals surface area contributed by atoms with Crippen molar-refractivity contribution in [1.29, 1.82) is 0 Å². The van der Waals surface area contributed by atoms with Gasteiger partial charge in [-0.3, -0.25) is 0 Å². The molecule has 2 aliphatic rings. The van der Waals surface area contributed by atoms with Crippen LogP contribution in [0, 0.1) is 0 Å². The minimum absolute atomic E-state index is 0.173. The quantitative estimate of drug-likeness (QED) is 0.154. The van der Waals surface area contributed by atoms with E-state index in [0.29, 0.717) is 5.82 Å². The van der Waals surface area contributed by atoms with Gasteiger partial charge in [-0.25, -0.2) is 14.5 Å². The average molecular weight is 783 g/mol. The van der Waals surface area contributed by atoms with Crippen molar-refractivity contribution >= 4 is 27.4 Å². The summed E-state index contributed by atoms with van der Waals surface area (Å²) in [5.41, 5.74) is 17.0. The molecule has 290 valence electrons. The number of allylic oxidation sites excluding steroid dienone is 8. The molecular weight excluding hydrogens is 741 g/mol. The van der Waals surface area contributed by atoms with Crippen LogP contribution in [0.3, 0.4) is 0 Å². The Hall–Kier alpha value is -7.69. The SMILES string of the molecule is C1=CCCC(c2cnn3c(-c4ccccc4)c(C4C=CC(c5ccc(-c6nc(-c7ccccc7)cc(-c7ccc(-c8ccccc8)cc7)n6)cc5)=CC4)c4ccccc4c23)=C1. The minimum Gasteiger partial charge on any atom is -0.232 e. The van der Waals surface area contributed by atoms with E-state index in [1.54, 1.807) is 0 Å². The van der Waals surface area contributed by atoms with Crippen LogP contribution in [0.25, 0.3) is 83.7 Å². The molecule has 0 saturated carbocycles. The fourth-order valence-electron chi connectivity index (χ4n) is 9.06. The Morgan fingerprint density at radius 2 is 1.11 bits per heavy atom. The van der Waals surface area contributed by atoms with E-state index in [0.717, 1.165) is 53.0 Å². The molecule has 4 heteroatoms. The van der Waals surface area contributed by atoms with Crippen LogP contribution in [0.1, 0.15) is 41.9 Å². The maximum Gasteiger partial charge on any atom is 0.160 e. The van der Waals surface area contributed by atoms with Gasteiger partial charge in [0.15, 0.2) is 5.82 Å². The molecule has 0 fully saturated rings. The van der Waals surface area contributed by atoms with E-state index in [1.165, 1.54) is 60.8 Å². The first kappa shape index (κ1) is 36.4. The minimum atomic E-state index is 0.173. The second kappa shape index (κ2) is 15.8. The highest BCUT2D eigenvalue weighted by atomic mass is 15.2. The zero-order valence-corrected chi connectivity index (χ0v) is 33.7. The first-order chi connectivity index (χ1) is 30.2. The van der Waals surface area contributed by atoms with E-state index in [-0.39, 0.29) is 5.92 Å². The molecule has 0 saturated heterocycles. The molecule has 1 unspecified atom stereocenters. The summed E-state index contributed by atoms with van der Waals surface area (Å²) in [7, 11) is 0. The van der Waals surface area contributed by atoms with Crippen LogP contribution in [0.4, 0.5) is 0 Å². The van der Waals surface area contributed by atoms with E-state index in [9.17, 15) is 0 Å². The Bertz CT molecular complexity index is 3170. The first-order valence-corrected chi connectivity index (χ1v) is 21.2. The molecule has 11 rings (SSSR count). The standard InChI is InChI=1S/C57H42N4/c1-5-15-39(16-6-1)40-25-31-45(32-26-40)53-37-52(44-19-9-3-10-20-44)59-57(60-53)48-35-29-42(30-36-48)41-27-33-46(34-28-41)54-49-23-13-14-24-50(49)56-51(43-17-7-2-8-18-43)38-58-61(56)55(54)47-21-11-4-12-22-47/h1-7,9-17,19-33,35-38,46H,8,18,34H2. The van der Waals surface area contributed by atoms with Gasteiger partial charge in [0.1, 0.15) is 0 Å². The molecule has 0 bridgehead atoms. The molecule has 0 radical (unpaired) electrons. The highest BCUT2D eigenvalue weighted by Crippen LogP contribution is 2.44. The molecule has 4 nitrogen and oxygen atoms in total. The summed E-state index contributed by atoms with van der Waals surface area (Å²) >= 11 is 0. The van der Waals surface area contributed by atoms with Crippen molar-refractivity contribution in [2.75, 3.05) is 0 Å². The lowest BCUT2D eigenvalue weighted by atomic mass is 9.83. The van der Waals surface area contributed by atoms with E-state index in [4.69, 9.17) is 15.1 Å². The largest absolute Gasteiger partial charge is 0.232 e. The molecule has 61 heavy (non-hydrogen) atoms. The maximum atomic E-state index is 5.14. The van der Waals surface area contributed by atoms with Crippen LogP contribution in [0.15, 0.2) is 213 Å². The second-order valence-electron chi connectivity index (χ2n) is 15.9. The van der Waals surface area contributed by atoms with Crippen molar-refractivity contribution in [3.63, 3.8) is 0 Å². The zero-order chi connectivity index (χ0) is 40.5. The Labute approximate surface area is 356 Å². The van der Waals surface area contributed by atoms with Crippen LogP contribution >= 0.6 is 0 Å². The van der Waals surface area contributed by atoms with Crippen LogP contribution < -0.4 is 0 Å². The smallest absolute Gasteiger partial charge is 0.160 e. The molecule has 0 amide bonds. The molecule has 3 heterocycles. The lowest BCUT2D eigenvalue weighted by Crippen LogP contribution is -2.08. The maximum absolute atomic E-state index is 5.14. The van der Waals surface area contributed by atoms with Crippen LogP contribution in [0.2, 0.25) is 0 Å². The van der Waals surface area contributed by atoms with Gasteiger partial charge in [-0.05, 0) is 64.1 Å². The van der Waals surface area contributed by atoms with Crippen molar-refractivity contribution in [2.24, 2.45) is 0 Å². The highest BCUT2D eigenvalue weighted by Gasteiger charge is 2.26. The van der Waals surface area contributed by atoms with Crippen molar-refractivity contribution in [2.45, 2.75) is 25.2 Å². The predicted octanol–water partition coefficient (Wildman–Crippen LogP) is 14.5. The van der Waals surface area contributed by atoms with Gasteiger partial charge in [0.2, 0.25) is 0 Å². The topological polar surface area (TPSA) is 43.1 Å². The normalized spacial score (nSPS) is 14.9. The number of hydrogen-bond acceptors (Lipinski definition) is 3. The molecule has 0 spiro atoms. The van der Waals surface area contributed by atoms with Crippen LogP contribution in [-0.4, -0.2) is 19.6 Å². The van der Waals surface area contributed by atoms with Crippen molar-refractivity contribution in [3.05, 3.63) is 229 Å². The Balaban J connectivity index is 0.929. The molecule has 0 aliphatic heterocycles. The van der Waals surface area contributed by atoms with E-state index in [2.05, 4.69) is 205 Å². The summed E-state index contributed by atoms with van der Waals surface area (Å²) in [6.45, 7) is 0. The second-order valence-corrected chi connectivity index (χ2v) is 15.9.